The molecule has 116 valence electrons. The number of piperidine rings is 1. The molecular formula is C15H16F2N4O. The van der Waals surface area contributed by atoms with Crippen LogP contribution in [0.3, 0.4) is 0 Å². The molecule has 2 heterocycles. The zero-order valence-electron chi connectivity index (χ0n) is 12.1. The summed E-state index contributed by atoms with van der Waals surface area (Å²) in [7, 11) is 0. The molecule has 1 fully saturated rings. The van der Waals surface area contributed by atoms with Gasteiger partial charge >= 0.3 is 0 Å². The number of primary amides is 1. The Hall–Kier alpha value is -2.31. The maximum Gasteiger partial charge on any atom is 0.271 e. The van der Waals surface area contributed by atoms with E-state index in [4.69, 9.17) is 5.73 Å². The third-order valence-electron chi connectivity index (χ3n) is 4.02. The summed E-state index contributed by atoms with van der Waals surface area (Å²) in [4.78, 5) is 22.0. The van der Waals surface area contributed by atoms with Gasteiger partial charge < -0.3 is 10.6 Å². The van der Waals surface area contributed by atoms with E-state index in [1.807, 2.05) is 0 Å². The van der Waals surface area contributed by atoms with Gasteiger partial charge in [0.15, 0.2) is 11.5 Å². The average molecular weight is 306 g/mol. The van der Waals surface area contributed by atoms with Crippen LogP contribution in [0.4, 0.5) is 14.6 Å². The van der Waals surface area contributed by atoms with Crippen LogP contribution in [0.15, 0.2) is 24.3 Å². The second-order valence-electron chi connectivity index (χ2n) is 5.61. The van der Waals surface area contributed by atoms with Gasteiger partial charge in [-0.2, -0.15) is 0 Å². The standard InChI is InChI=1S/C15H16F2N4O/c1-9-8-21(7-6-15(9,16)17)14-12(13(18)22)19-10-4-2-3-5-11(10)20-14/h2-5,9H,6-8H2,1H3,(H2,18,22). The Bertz CT molecular complexity index is 735. The quantitative estimate of drug-likeness (QED) is 0.923. The van der Waals surface area contributed by atoms with Crippen molar-refractivity contribution in [3.05, 3.63) is 30.0 Å². The van der Waals surface area contributed by atoms with E-state index in [0.29, 0.717) is 11.0 Å². The van der Waals surface area contributed by atoms with Crippen LogP contribution >= 0.6 is 0 Å². The topological polar surface area (TPSA) is 72.1 Å². The van der Waals surface area contributed by atoms with Crippen molar-refractivity contribution in [1.82, 2.24) is 9.97 Å². The minimum Gasteiger partial charge on any atom is -0.364 e. The highest BCUT2D eigenvalue weighted by atomic mass is 19.3. The summed E-state index contributed by atoms with van der Waals surface area (Å²) < 4.78 is 27.3. The normalized spacial score (nSPS) is 21.0. The molecule has 1 aromatic carbocycles. The predicted molar refractivity (Wildman–Crippen MR) is 79.0 cm³/mol. The first-order chi connectivity index (χ1) is 10.4. The predicted octanol–water partition coefficient (Wildman–Crippen LogP) is 2.21. The van der Waals surface area contributed by atoms with E-state index in [1.54, 1.807) is 29.2 Å². The molecule has 2 aromatic rings. The number of halogens is 2. The van der Waals surface area contributed by atoms with Crippen LogP contribution in [-0.4, -0.2) is 34.9 Å². The van der Waals surface area contributed by atoms with Crippen molar-refractivity contribution < 1.29 is 13.6 Å². The van der Waals surface area contributed by atoms with Gasteiger partial charge in [-0.05, 0) is 12.1 Å². The molecule has 22 heavy (non-hydrogen) atoms. The van der Waals surface area contributed by atoms with Crippen molar-refractivity contribution >= 4 is 22.8 Å². The second kappa shape index (κ2) is 5.15. The minimum atomic E-state index is -2.70. The number of para-hydroxylation sites is 2. The molecule has 0 bridgehead atoms. The zero-order valence-corrected chi connectivity index (χ0v) is 12.1. The Balaban J connectivity index is 2.06. The molecule has 0 spiro atoms. The number of amides is 1. The van der Waals surface area contributed by atoms with Gasteiger partial charge in [-0.3, -0.25) is 4.79 Å². The van der Waals surface area contributed by atoms with E-state index in [1.165, 1.54) is 6.92 Å². The average Bonchev–Trinajstić information content (AvgIpc) is 2.48. The molecule has 7 heteroatoms. The first-order valence-corrected chi connectivity index (χ1v) is 7.08. The summed E-state index contributed by atoms with van der Waals surface area (Å²) in [6.45, 7) is 1.72. The van der Waals surface area contributed by atoms with Crippen LogP contribution in [0, 0.1) is 5.92 Å². The summed E-state index contributed by atoms with van der Waals surface area (Å²) in [6, 6.07) is 7.08. The van der Waals surface area contributed by atoms with Crippen molar-refractivity contribution in [2.45, 2.75) is 19.3 Å². The zero-order chi connectivity index (χ0) is 15.9. The Kier molecular flexibility index (Phi) is 3.42. The highest BCUT2D eigenvalue weighted by Crippen LogP contribution is 2.35. The van der Waals surface area contributed by atoms with Gasteiger partial charge in [0, 0.05) is 25.4 Å². The second-order valence-corrected chi connectivity index (χ2v) is 5.61. The minimum absolute atomic E-state index is 0.0242. The Morgan fingerprint density at radius 2 is 1.95 bits per heavy atom. The largest absolute Gasteiger partial charge is 0.364 e. The Morgan fingerprint density at radius 3 is 2.55 bits per heavy atom. The fourth-order valence-electron chi connectivity index (χ4n) is 2.65. The van der Waals surface area contributed by atoms with Crippen LogP contribution in [0.1, 0.15) is 23.8 Å². The van der Waals surface area contributed by atoms with Crippen molar-refractivity contribution in [3.8, 4) is 0 Å². The Morgan fingerprint density at radius 1 is 1.32 bits per heavy atom. The molecule has 3 rings (SSSR count). The number of anilines is 1. The lowest BCUT2D eigenvalue weighted by Gasteiger charge is -2.37. The first kappa shape index (κ1) is 14.6. The molecule has 1 amide bonds. The van der Waals surface area contributed by atoms with Gasteiger partial charge in [-0.1, -0.05) is 19.1 Å². The van der Waals surface area contributed by atoms with Crippen molar-refractivity contribution in [1.29, 1.82) is 0 Å². The van der Waals surface area contributed by atoms with Gasteiger partial charge in [0.2, 0.25) is 0 Å². The molecule has 0 aliphatic carbocycles. The van der Waals surface area contributed by atoms with Crippen LogP contribution in [0.5, 0.6) is 0 Å². The van der Waals surface area contributed by atoms with E-state index in [0.717, 1.165) is 0 Å². The molecule has 1 aromatic heterocycles. The van der Waals surface area contributed by atoms with Crippen LogP contribution < -0.4 is 10.6 Å². The van der Waals surface area contributed by atoms with Crippen LogP contribution in [0.2, 0.25) is 0 Å². The number of alkyl halides is 2. The van der Waals surface area contributed by atoms with E-state index < -0.39 is 17.7 Å². The fourth-order valence-corrected chi connectivity index (χ4v) is 2.65. The van der Waals surface area contributed by atoms with E-state index in [9.17, 15) is 13.6 Å². The number of fused-ring (bicyclic) bond motifs is 1. The molecule has 1 aliphatic heterocycles. The highest BCUT2D eigenvalue weighted by molar-refractivity contribution is 5.98. The number of nitrogens with two attached hydrogens (primary N) is 1. The van der Waals surface area contributed by atoms with Gasteiger partial charge in [0.1, 0.15) is 0 Å². The Labute approximate surface area is 126 Å². The lowest BCUT2D eigenvalue weighted by atomic mass is 9.95. The summed E-state index contributed by atoms with van der Waals surface area (Å²) in [5, 5.41) is 0. The lowest BCUT2D eigenvalue weighted by molar-refractivity contribution is -0.0652. The fraction of sp³-hybridized carbons (Fsp3) is 0.400. The number of aromatic nitrogens is 2. The monoisotopic (exact) mass is 306 g/mol. The lowest BCUT2D eigenvalue weighted by Crippen LogP contribution is -2.47. The summed E-state index contributed by atoms with van der Waals surface area (Å²) in [5.74, 6) is -3.95. The molecule has 1 aliphatic rings. The van der Waals surface area contributed by atoms with Crippen molar-refractivity contribution in [2.24, 2.45) is 11.7 Å². The highest BCUT2D eigenvalue weighted by Gasteiger charge is 2.42. The number of benzene rings is 1. The number of nitrogens with zero attached hydrogens (tertiary/aromatic N) is 3. The van der Waals surface area contributed by atoms with Crippen molar-refractivity contribution in [2.75, 3.05) is 18.0 Å². The van der Waals surface area contributed by atoms with E-state index in [-0.39, 0.29) is 31.0 Å². The number of carbonyl (C=O) groups excluding carboxylic acids is 1. The molecule has 5 nitrogen and oxygen atoms in total. The SMILES string of the molecule is CC1CN(c2nc3ccccc3nc2C(N)=O)CCC1(F)F. The molecule has 1 atom stereocenters. The van der Waals surface area contributed by atoms with E-state index in [2.05, 4.69) is 9.97 Å². The third-order valence-corrected chi connectivity index (χ3v) is 4.02. The molecule has 1 unspecified atom stereocenters. The molecule has 2 N–H and O–H groups in total. The van der Waals surface area contributed by atoms with Crippen molar-refractivity contribution in [3.63, 3.8) is 0 Å². The van der Waals surface area contributed by atoms with Gasteiger partial charge in [-0.15, -0.1) is 0 Å². The summed E-state index contributed by atoms with van der Waals surface area (Å²) >= 11 is 0. The third kappa shape index (κ3) is 2.47. The molecular weight excluding hydrogens is 290 g/mol. The van der Waals surface area contributed by atoms with Gasteiger partial charge in [0.05, 0.1) is 11.0 Å². The smallest absolute Gasteiger partial charge is 0.271 e. The molecule has 0 radical (unpaired) electrons. The van der Waals surface area contributed by atoms with Gasteiger partial charge in [-0.25, -0.2) is 18.7 Å². The summed E-state index contributed by atoms with van der Waals surface area (Å²) in [5.41, 5.74) is 6.56. The van der Waals surface area contributed by atoms with Crippen LogP contribution in [0.25, 0.3) is 11.0 Å². The number of hydrogen-bond acceptors (Lipinski definition) is 4. The molecule has 0 saturated carbocycles. The number of rotatable bonds is 2. The number of carbonyl (C=O) groups is 1. The maximum atomic E-state index is 13.6. The van der Waals surface area contributed by atoms with E-state index >= 15 is 0 Å². The number of hydrogen-bond donors (Lipinski definition) is 1. The van der Waals surface area contributed by atoms with Gasteiger partial charge in [0.25, 0.3) is 11.8 Å². The molecule has 1 saturated heterocycles. The van der Waals surface area contributed by atoms with Crippen LogP contribution in [-0.2, 0) is 0 Å². The first-order valence-electron chi connectivity index (χ1n) is 7.08. The summed E-state index contributed by atoms with van der Waals surface area (Å²) in [6.07, 6.45) is -0.277. The maximum absolute atomic E-state index is 13.6.